The topological polar surface area (TPSA) is 64.6 Å². The van der Waals surface area contributed by atoms with E-state index < -0.39 is 17.9 Å². The van der Waals surface area contributed by atoms with E-state index in [1.807, 2.05) is 31.2 Å². The first-order chi connectivity index (χ1) is 9.08. The average molecular weight is 265 g/mol. The molecule has 104 valence electrons. The number of hydrogen-bond acceptors (Lipinski definition) is 5. The van der Waals surface area contributed by atoms with Gasteiger partial charge in [-0.15, -0.1) is 0 Å². The Bertz CT molecular complexity index is 412. The Morgan fingerprint density at radius 1 is 1.11 bits per heavy atom. The number of esters is 2. The summed E-state index contributed by atoms with van der Waals surface area (Å²) in [5, 5.41) is 3.14. The van der Waals surface area contributed by atoms with Crippen molar-refractivity contribution in [1.82, 2.24) is 0 Å². The van der Waals surface area contributed by atoms with Crippen LogP contribution in [0.5, 0.6) is 0 Å². The van der Waals surface area contributed by atoms with Gasteiger partial charge < -0.3 is 14.8 Å². The molecule has 5 heteroatoms. The van der Waals surface area contributed by atoms with Gasteiger partial charge in [0.05, 0.1) is 14.2 Å². The second-order valence-electron chi connectivity index (χ2n) is 4.18. The fourth-order valence-electron chi connectivity index (χ4n) is 1.65. The Labute approximate surface area is 112 Å². The lowest BCUT2D eigenvalue weighted by Gasteiger charge is -2.13. The van der Waals surface area contributed by atoms with Gasteiger partial charge in [-0.1, -0.05) is 17.7 Å². The molecule has 0 aliphatic heterocycles. The van der Waals surface area contributed by atoms with Crippen LogP contribution in [0.3, 0.4) is 0 Å². The van der Waals surface area contributed by atoms with Gasteiger partial charge in [-0.25, -0.2) is 0 Å². The van der Waals surface area contributed by atoms with Gasteiger partial charge in [0.1, 0.15) is 0 Å². The third kappa shape index (κ3) is 4.62. The molecule has 1 rings (SSSR count). The average Bonchev–Trinajstić information content (AvgIpc) is 2.44. The van der Waals surface area contributed by atoms with Gasteiger partial charge >= 0.3 is 11.9 Å². The van der Waals surface area contributed by atoms with Crippen molar-refractivity contribution in [3.63, 3.8) is 0 Å². The van der Waals surface area contributed by atoms with Crippen molar-refractivity contribution >= 4 is 17.6 Å². The van der Waals surface area contributed by atoms with Gasteiger partial charge in [0.15, 0.2) is 5.92 Å². The minimum absolute atomic E-state index is 0.327. The summed E-state index contributed by atoms with van der Waals surface area (Å²) in [6.45, 7) is 2.49. The molecular weight excluding hydrogens is 246 g/mol. The molecule has 0 fully saturated rings. The number of nitrogens with one attached hydrogen (secondary N) is 1. The zero-order chi connectivity index (χ0) is 14.3. The largest absolute Gasteiger partial charge is 0.468 e. The van der Waals surface area contributed by atoms with Crippen molar-refractivity contribution in [3.05, 3.63) is 29.8 Å². The number of ether oxygens (including phenoxy) is 2. The Hall–Kier alpha value is -2.04. The molecule has 0 heterocycles. The van der Waals surface area contributed by atoms with Crippen molar-refractivity contribution in [2.45, 2.75) is 13.3 Å². The maximum absolute atomic E-state index is 11.4. The lowest BCUT2D eigenvalue weighted by molar-refractivity contribution is -0.158. The van der Waals surface area contributed by atoms with E-state index in [0.29, 0.717) is 13.0 Å². The standard InChI is InChI=1S/C14H19NO4/c1-10-4-6-11(7-5-10)15-9-8-12(13(16)18-2)14(17)19-3/h4-7,12,15H,8-9H2,1-3H3. The van der Waals surface area contributed by atoms with E-state index in [2.05, 4.69) is 14.8 Å². The van der Waals surface area contributed by atoms with Gasteiger partial charge in [0.2, 0.25) is 0 Å². The van der Waals surface area contributed by atoms with Gasteiger partial charge in [0.25, 0.3) is 0 Å². The quantitative estimate of drug-likeness (QED) is 0.627. The maximum Gasteiger partial charge on any atom is 0.320 e. The van der Waals surface area contributed by atoms with Crippen LogP contribution in [0.1, 0.15) is 12.0 Å². The highest BCUT2D eigenvalue weighted by atomic mass is 16.5. The highest BCUT2D eigenvalue weighted by Crippen LogP contribution is 2.11. The number of carbonyl (C=O) groups excluding carboxylic acids is 2. The van der Waals surface area contributed by atoms with Crippen molar-refractivity contribution in [3.8, 4) is 0 Å². The highest BCUT2D eigenvalue weighted by Gasteiger charge is 2.27. The van der Waals surface area contributed by atoms with Crippen LogP contribution in [0.15, 0.2) is 24.3 Å². The molecule has 0 radical (unpaired) electrons. The summed E-state index contributed by atoms with van der Waals surface area (Å²) in [7, 11) is 2.51. The van der Waals surface area contributed by atoms with E-state index in [9.17, 15) is 9.59 Å². The van der Waals surface area contributed by atoms with Gasteiger partial charge in [0, 0.05) is 12.2 Å². The van der Waals surface area contributed by atoms with Crippen molar-refractivity contribution < 1.29 is 19.1 Å². The SMILES string of the molecule is COC(=O)C(CCNc1ccc(C)cc1)C(=O)OC. The second-order valence-corrected chi connectivity index (χ2v) is 4.18. The molecule has 1 aromatic rings. The molecule has 0 amide bonds. The van der Waals surface area contributed by atoms with E-state index >= 15 is 0 Å². The monoisotopic (exact) mass is 265 g/mol. The summed E-state index contributed by atoms with van der Waals surface area (Å²) in [5.74, 6) is -2.02. The van der Waals surface area contributed by atoms with E-state index in [-0.39, 0.29) is 0 Å². The molecular formula is C14H19NO4. The number of methoxy groups -OCH3 is 2. The normalized spacial score (nSPS) is 10.1. The van der Waals surface area contributed by atoms with E-state index in [1.165, 1.54) is 19.8 Å². The molecule has 5 nitrogen and oxygen atoms in total. The van der Waals surface area contributed by atoms with Crippen LogP contribution in [0, 0.1) is 12.8 Å². The summed E-state index contributed by atoms with van der Waals surface area (Å²) in [5.41, 5.74) is 2.12. The van der Waals surface area contributed by atoms with Crippen molar-refractivity contribution in [2.24, 2.45) is 5.92 Å². The Morgan fingerprint density at radius 3 is 2.11 bits per heavy atom. The molecule has 0 spiro atoms. The molecule has 0 unspecified atom stereocenters. The molecule has 1 aromatic carbocycles. The molecule has 0 atom stereocenters. The Morgan fingerprint density at radius 2 is 1.63 bits per heavy atom. The lowest BCUT2D eigenvalue weighted by Crippen LogP contribution is -2.28. The molecule has 0 saturated heterocycles. The summed E-state index contributed by atoms with van der Waals surface area (Å²) < 4.78 is 9.17. The predicted molar refractivity (Wildman–Crippen MR) is 71.8 cm³/mol. The van der Waals surface area contributed by atoms with Crippen LogP contribution in [0.4, 0.5) is 5.69 Å². The number of rotatable bonds is 6. The molecule has 0 bridgehead atoms. The maximum atomic E-state index is 11.4. The van der Waals surface area contributed by atoms with Crippen LogP contribution in [-0.2, 0) is 19.1 Å². The summed E-state index contributed by atoms with van der Waals surface area (Å²) in [6, 6.07) is 7.86. The fraction of sp³-hybridized carbons (Fsp3) is 0.429. The molecule has 0 aliphatic carbocycles. The van der Waals surface area contributed by atoms with E-state index in [4.69, 9.17) is 0 Å². The zero-order valence-electron chi connectivity index (χ0n) is 11.4. The summed E-state index contributed by atoms with van der Waals surface area (Å²) in [4.78, 5) is 22.9. The summed E-state index contributed by atoms with van der Waals surface area (Å²) in [6.07, 6.45) is 0.327. The highest BCUT2D eigenvalue weighted by molar-refractivity contribution is 5.94. The molecule has 19 heavy (non-hydrogen) atoms. The third-order valence-corrected chi connectivity index (χ3v) is 2.79. The summed E-state index contributed by atoms with van der Waals surface area (Å²) >= 11 is 0. The molecule has 0 aliphatic rings. The fourth-order valence-corrected chi connectivity index (χ4v) is 1.65. The van der Waals surface area contributed by atoms with E-state index in [1.54, 1.807) is 0 Å². The smallest absolute Gasteiger partial charge is 0.320 e. The van der Waals surface area contributed by atoms with E-state index in [0.717, 1.165) is 5.69 Å². The zero-order valence-corrected chi connectivity index (χ0v) is 11.4. The third-order valence-electron chi connectivity index (χ3n) is 2.79. The number of aryl methyl sites for hydroxylation is 1. The van der Waals surface area contributed by atoms with Gasteiger partial charge in [-0.3, -0.25) is 9.59 Å². The number of hydrogen-bond donors (Lipinski definition) is 1. The van der Waals surface area contributed by atoms with Crippen LogP contribution in [-0.4, -0.2) is 32.7 Å². The minimum Gasteiger partial charge on any atom is -0.468 e. The predicted octanol–water partition coefficient (Wildman–Crippen LogP) is 1.76. The number of anilines is 1. The van der Waals surface area contributed by atoms with Crippen molar-refractivity contribution in [1.29, 1.82) is 0 Å². The van der Waals surface area contributed by atoms with Gasteiger partial charge in [-0.05, 0) is 25.5 Å². The number of benzene rings is 1. The van der Waals surface area contributed by atoms with Crippen LogP contribution in [0.2, 0.25) is 0 Å². The van der Waals surface area contributed by atoms with Crippen LogP contribution in [0.25, 0.3) is 0 Å². The van der Waals surface area contributed by atoms with Crippen LogP contribution < -0.4 is 5.32 Å². The lowest BCUT2D eigenvalue weighted by atomic mass is 10.1. The first-order valence-corrected chi connectivity index (χ1v) is 6.04. The first-order valence-electron chi connectivity index (χ1n) is 6.04. The molecule has 0 saturated carbocycles. The second kappa shape index (κ2) is 7.41. The Kier molecular flexibility index (Phi) is 5.85. The molecule has 0 aromatic heterocycles. The van der Waals surface area contributed by atoms with Crippen molar-refractivity contribution in [2.75, 3.05) is 26.1 Å². The molecule has 1 N–H and O–H groups in total. The minimum atomic E-state index is -0.882. The first kappa shape index (κ1) is 15.0. The van der Waals surface area contributed by atoms with Crippen LogP contribution >= 0.6 is 0 Å². The van der Waals surface area contributed by atoms with Gasteiger partial charge in [-0.2, -0.15) is 0 Å². The Balaban J connectivity index is 2.50. The number of carbonyl (C=O) groups is 2.